The first-order chi connectivity index (χ1) is 12.1. The van der Waals surface area contributed by atoms with Crippen molar-refractivity contribution in [2.24, 2.45) is 11.7 Å². The second kappa shape index (κ2) is 10.3. The number of nitrogens with one attached hydrogen (secondary N) is 1. The molecule has 0 radical (unpaired) electrons. The summed E-state index contributed by atoms with van der Waals surface area (Å²) in [5.74, 6) is 1.80. The number of nitrogens with two attached hydrogens (primary N) is 1. The normalized spacial score (nSPS) is 15.2. The maximum absolute atomic E-state index is 12.2. The van der Waals surface area contributed by atoms with E-state index in [1.54, 1.807) is 0 Å². The minimum absolute atomic E-state index is 0.0295. The van der Waals surface area contributed by atoms with Gasteiger partial charge in [0, 0.05) is 31.2 Å². The highest BCUT2D eigenvalue weighted by atomic mass is 32.2. The van der Waals surface area contributed by atoms with Crippen molar-refractivity contribution < 1.29 is 9.59 Å². The van der Waals surface area contributed by atoms with Gasteiger partial charge in [0.15, 0.2) is 0 Å². The molecule has 6 heteroatoms. The van der Waals surface area contributed by atoms with E-state index in [-0.39, 0.29) is 17.7 Å². The number of carbonyl (C=O) groups excluding carboxylic acids is 2. The Morgan fingerprint density at radius 2 is 1.96 bits per heavy atom. The van der Waals surface area contributed by atoms with Gasteiger partial charge in [-0.15, -0.1) is 0 Å². The third-order valence-corrected chi connectivity index (χ3v) is 5.60. The predicted octanol–water partition coefficient (Wildman–Crippen LogP) is 3.25. The average molecular weight is 364 g/mol. The zero-order valence-corrected chi connectivity index (χ0v) is 15.8. The minimum atomic E-state index is -0.207. The van der Waals surface area contributed by atoms with Crippen molar-refractivity contribution >= 4 is 35.0 Å². The number of rotatable bonds is 9. The number of hydrogen-bond acceptors (Lipinski definition) is 4. The monoisotopic (exact) mass is 363 g/mol. The molecule has 1 aromatic rings. The van der Waals surface area contributed by atoms with Gasteiger partial charge in [-0.25, -0.2) is 0 Å². The molecule has 1 aliphatic heterocycles. The molecule has 138 valence electrons. The van der Waals surface area contributed by atoms with Gasteiger partial charge in [0.2, 0.25) is 11.8 Å². The van der Waals surface area contributed by atoms with Gasteiger partial charge in [-0.3, -0.25) is 9.59 Å². The van der Waals surface area contributed by atoms with Gasteiger partial charge in [-0.05, 0) is 37.1 Å². The number of amides is 2. The lowest BCUT2D eigenvalue weighted by atomic mass is 9.96. The molecule has 1 saturated heterocycles. The Bertz CT molecular complexity index is 572. The van der Waals surface area contributed by atoms with E-state index in [0.29, 0.717) is 6.42 Å². The lowest BCUT2D eigenvalue weighted by Crippen LogP contribution is -2.38. The third kappa shape index (κ3) is 6.27. The van der Waals surface area contributed by atoms with Gasteiger partial charge in [0.25, 0.3) is 0 Å². The third-order valence-electron chi connectivity index (χ3n) is 4.53. The van der Waals surface area contributed by atoms with Crippen LogP contribution in [0.25, 0.3) is 0 Å². The largest absolute Gasteiger partial charge is 0.370 e. The quantitative estimate of drug-likeness (QED) is 0.661. The lowest BCUT2D eigenvalue weighted by molar-refractivity contribution is -0.122. The summed E-state index contributed by atoms with van der Waals surface area (Å²) in [6, 6.07) is 7.88. The molecule has 0 atom stereocenters. The highest BCUT2D eigenvalue weighted by Gasteiger charge is 2.24. The fourth-order valence-electron chi connectivity index (χ4n) is 2.99. The van der Waals surface area contributed by atoms with Crippen LogP contribution in [-0.4, -0.2) is 36.4 Å². The number of carbonyl (C=O) groups is 2. The van der Waals surface area contributed by atoms with Gasteiger partial charge in [0.05, 0.1) is 11.4 Å². The van der Waals surface area contributed by atoms with E-state index >= 15 is 0 Å². The molecule has 1 aliphatic rings. The second-order valence-corrected chi connectivity index (χ2v) is 7.67. The van der Waals surface area contributed by atoms with E-state index in [0.717, 1.165) is 48.8 Å². The number of piperidine rings is 1. The van der Waals surface area contributed by atoms with Gasteiger partial charge >= 0.3 is 0 Å². The number of unbranched alkanes of at least 4 members (excludes halogenated alkanes) is 1. The predicted molar refractivity (Wildman–Crippen MR) is 106 cm³/mol. The van der Waals surface area contributed by atoms with Crippen LogP contribution in [0.3, 0.4) is 0 Å². The smallest absolute Gasteiger partial charge is 0.225 e. The van der Waals surface area contributed by atoms with Crippen molar-refractivity contribution in [1.29, 1.82) is 0 Å². The molecule has 3 N–H and O–H groups in total. The standard InChI is InChI=1S/C19H29N3O2S/c1-2-3-13-25-14-10-18(23)21-16-6-4-5-7-17(16)22-11-8-15(9-12-22)19(20)24/h4-7,15H,2-3,8-14H2,1H3,(H2,20,24)(H,21,23). The van der Waals surface area contributed by atoms with E-state index in [2.05, 4.69) is 17.1 Å². The number of thioether (sulfide) groups is 1. The van der Waals surface area contributed by atoms with E-state index in [4.69, 9.17) is 5.73 Å². The Balaban J connectivity index is 1.88. The van der Waals surface area contributed by atoms with Crippen LogP contribution >= 0.6 is 11.8 Å². The van der Waals surface area contributed by atoms with Crippen LogP contribution in [0.4, 0.5) is 11.4 Å². The number of hydrogen-bond donors (Lipinski definition) is 2. The summed E-state index contributed by atoms with van der Waals surface area (Å²) in [7, 11) is 0. The zero-order valence-electron chi connectivity index (χ0n) is 15.0. The molecule has 1 fully saturated rings. The van der Waals surface area contributed by atoms with Crippen LogP contribution in [0.2, 0.25) is 0 Å². The molecule has 25 heavy (non-hydrogen) atoms. The molecule has 2 amide bonds. The first kappa shape index (κ1) is 19.6. The van der Waals surface area contributed by atoms with Crippen LogP contribution in [0.5, 0.6) is 0 Å². The van der Waals surface area contributed by atoms with Crippen molar-refractivity contribution in [2.45, 2.75) is 39.0 Å². The topological polar surface area (TPSA) is 75.4 Å². The van der Waals surface area contributed by atoms with Crippen LogP contribution in [0.15, 0.2) is 24.3 Å². The Kier molecular flexibility index (Phi) is 8.12. The molecule has 0 spiro atoms. The van der Waals surface area contributed by atoms with Gasteiger partial charge in [0.1, 0.15) is 0 Å². The van der Waals surface area contributed by atoms with Crippen LogP contribution < -0.4 is 16.0 Å². The van der Waals surface area contributed by atoms with E-state index in [1.807, 2.05) is 36.0 Å². The van der Waals surface area contributed by atoms with E-state index in [9.17, 15) is 9.59 Å². The molecule has 2 rings (SSSR count). The van der Waals surface area contributed by atoms with Gasteiger partial charge < -0.3 is 16.0 Å². The minimum Gasteiger partial charge on any atom is -0.370 e. The Morgan fingerprint density at radius 3 is 2.64 bits per heavy atom. The summed E-state index contributed by atoms with van der Waals surface area (Å²) in [5.41, 5.74) is 7.28. The molecule has 0 bridgehead atoms. The van der Waals surface area contributed by atoms with Crippen molar-refractivity contribution in [1.82, 2.24) is 0 Å². The fourth-order valence-corrected chi connectivity index (χ4v) is 4.01. The molecule has 5 nitrogen and oxygen atoms in total. The average Bonchev–Trinajstić information content (AvgIpc) is 2.62. The molecule has 0 saturated carbocycles. The second-order valence-electron chi connectivity index (χ2n) is 6.44. The Morgan fingerprint density at radius 1 is 1.24 bits per heavy atom. The first-order valence-corrected chi connectivity index (χ1v) is 10.3. The summed E-state index contributed by atoms with van der Waals surface area (Å²) in [6.07, 6.45) is 4.47. The number of primary amides is 1. The molecular weight excluding hydrogens is 334 g/mol. The number of nitrogens with zero attached hydrogens (tertiary/aromatic N) is 1. The number of para-hydroxylation sites is 2. The first-order valence-electron chi connectivity index (χ1n) is 9.12. The molecule has 0 aliphatic carbocycles. The Labute approximate surface area is 154 Å². The molecule has 1 aromatic carbocycles. The van der Waals surface area contributed by atoms with Gasteiger partial charge in [-0.2, -0.15) is 11.8 Å². The molecule has 0 unspecified atom stereocenters. The summed E-state index contributed by atoms with van der Waals surface area (Å²) in [5, 5.41) is 3.05. The fraction of sp³-hybridized carbons (Fsp3) is 0.579. The van der Waals surface area contributed by atoms with E-state index < -0.39 is 0 Å². The van der Waals surface area contributed by atoms with Crippen molar-refractivity contribution in [3.8, 4) is 0 Å². The maximum Gasteiger partial charge on any atom is 0.225 e. The van der Waals surface area contributed by atoms with Crippen LogP contribution in [0.1, 0.15) is 39.0 Å². The molecular formula is C19H29N3O2S. The summed E-state index contributed by atoms with van der Waals surface area (Å²) >= 11 is 1.84. The van der Waals surface area contributed by atoms with Crippen molar-refractivity contribution in [3.05, 3.63) is 24.3 Å². The molecule has 1 heterocycles. The number of anilines is 2. The lowest BCUT2D eigenvalue weighted by Gasteiger charge is -2.33. The summed E-state index contributed by atoms with van der Waals surface area (Å²) in [6.45, 7) is 3.75. The summed E-state index contributed by atoms with van der Waals surface area (Å²) < 4.78 is 0. The summed E-state index contributed by atoms with van der Waals surface area (Å²) in [4.78, 5) is 25.8. The van der Waals surface area contributed by atoms with Crippen LogP contribution in [0, 0.1) is 5.92 Å². The molecule has 0 aromatic heterocycles. The van der Waals surface area contributed by atoms with Crippen LogP contribution in [-0.2, 0) is 9.59 Å². The SMILES string of the molecule is CCCCSCCC(=O)Nc1ccccc1N1CCC(C(N)=O)CC1. The zero-order chi connectivity index (χ0) is 18.1. The van der Waals surface area contributed by atoms with Crippen molar-refractivity contribution in [2.75, 3.05) is 34.8 Å². The van der Waals surface area contributed by atoms with Gasteiger partial charge in [-0.1, -0.05) is 25.5 Å². The number of benzene rings is 1. The maximum atomic E-state index is 12.2. The Hall–Kier alpha value is -1.69. The van der Waals surface area contributed by atoms with Crippen molar-refractivity contribution in [3.63, 3.8) is 0 Å². The highest BCUT2D eigenvalue weighted by Crippen LogP contribution is 2.29. The van der Waals surface area contributed by atoms with E-state index in [1.165, 1.54) is 12.8 Å². The highest BCUT2D eigenvalue weighted by molar-refractivity contribution is 7.99.